The van der Waals surface area contributed by atoms with Gasteiger partial charge in [0.2, 0.25) is 0 Å². The van der Waals surface area contributed by atoms with Gasteiger partial charge < -0.3 is 9.64 Å². The van der Waals surface area contributed by atoms with Crippen LogP contribution in [0, 0.1) is 0 Å². The van der Waals surface area contributed by atoms with Gasteiger partial charge in [0.15, 0.2) is 0 Å². The predicted molar refractivity (Wildman–Crippen MR) is 78.4 cm³/mol. The summed E-state index contributed by atoms with van der Waals surface area (Å²) in [5.41, 5.74) is 1.76. The fourth-order valence-corrected chi connectivity index (χ4v) is 4.37. The number of likely N-dealkylation sites (N-methyl/N-ethyl adjacent to an activating group) is 1. The van der Waals surface area contributed by atoms with Gasteiger partial charge in [0.1, 0.15) is 0 Å². The van der Waals surface area contributed by atoms with Crippen molar-refractivity contribution in [3.8, 4) is 0 Å². The molecule has 2 heteroatoms. The Bertz CT molecular complexity index is 417. The zero-order valence-corrected chi connectivity index (χ0v) is 12.2. The van der Waals surface area contributed by atoms with Gasteiger partial charge in [-0.1, -0.05) is 43.2 Å². The van der Waals surface area contributed by atoms with E-state index in [0.717, 1.165) is 19.6 Å². The van der Waals surface area contributed by atoms with Crippen LogP contribution in [0.2, 0.25) is 0 Å². The van der Waals surface area contributed by atoms with E-state index in [1.807, 2.05) is 0 Å². The van der Waals surface area contributed by atoms with Crippen molar-refractivity contribution in [1.82, 2.24) is 4.90 Å². The Morgan fingerprint density at radius 3 is 2.37 bits per heavy atom. The van der Waals surface area contributed by atoms with Gasteiger partial charge in [-0.2, -0.15) is 0 Å². The molecule has 2 aliphatic rings. The second-order valence-electron chi connectivity index (χ2n) is 6.49. The SMILES string of the molecule is CN(C)CC1(c2ccccc2)CCOC12CCCC2. The van der Waals surface area contributed by atoms with Crippen molar-refractivity contribution in [2.45, 2.75) is 43.1 Å². The molecule has 0 bridgehead atoms. The molecule has 0 aromatic heterocycles. The van der Waals surface area contributed by atoms with Crippen LogP contribution in [0.15, 0.2) is 30.3 Å². The molecule has 1 aromatic rings. The van der Waals surface area contributed by atoms with Gasteiger partial charge in [-0.15, -0.1) is 0 Å². The molecule has 2 fully saturated rings. The number of benzene rings is 1. The number of ether oxygens (including phenoxy) is 1. The first kappa shape index (κ1) is 13.1. The third kappa shape index (κ3) is 2.02. The first-order valence-electron chi connectivity index (χ1n) is 7.53. The number of hydrogen-bond donors (Lipinski definition) is 0. The van der Waals surface area contributed by atoms with Crippen molar-refractivity contribution in [3.05, 3.63) is 35.9 Å². The molecule has 1 unspecified atom stereocenters. The van der Waals surface area contributed by atoms with Gasteiger partial charge in [0.05, 0.1) is 5.60 Å². The normalized spacial score (nSPS) is 29.4. The highest BCUT2D eigenvalue weighted by atomic mass is 16.5. The third-order valence-corrected chi connectivity index (χ3v) is 5.10. The fraction of sp³-hybridized carbons (Fsp3) is 0.647. The maximum atomic E-state index is 6.35. The molecule has 104 valence electrons. The van der Waals surface area contributed by atoms with E-state index < -0.39 is 0 Å². The Hall–Kier alpha value is -0.860. The maximum absolute atomic E-state index is 6.35. The lowest BCUT2D eigenvalue weighted by molar-refractivity contribution is -0.0352. The topological polar surface area (TPSA) is 12.5 Å². The first-order valence-corrected chi connectivity index (χ1v) is 7.53. The quantitative estimate of drug-likeness (QED) is 0.826. The summed E-state index contributed by atoms with van der Waals surface area (Å²) >= 11 is 0. The van der Waals surface area contributed by atoms with E-state index in [4.69, 9.17) is 4.74 Å². The van der Waals surface area contributed by atoms with Crippen molar-refractivity contribution < 1.29 is 4.74 Å². The van der Waals surface area contributed by atoms with Crippen LogP contribution in [0.3, 0.4) is 0 Å². The van der Waals surface area contributed by atoms with Crippen molar-refractivity contribution >= 4 is 0 Å². The van der Waals surface area contributed by atoms with Gasteiger partial charge in [0.25, 0.3) is 0 Å². The standard InChI is InChI=1S/C17H25NO/c1-18(2)14-16(15-8-4-3-5-9-15)12-13-19-17(16)10-6-7-11-17/h3-5,8-9H,6-7,10-14H2,1-2H3. The third-order valence-electron chi connectivity index (χ3n) is 5.10. The Morgan fingerprint density at radius 2 is 1.74 bits per heavy atom. The van der Waals surface area contributed by atoms with Crippen LogP contribution in [-0.4, -0.2) is 37.7 Å². The highest BCUT2D eigenvalue weighted by Crippen LogP contribution is 2.54. The summed E-state index contributed by atoms with van der Waals surface area (Å²) in [6.45, 7) is 2.01. The summed E-state index contributed by atoms with van der Waals surface area (Å²) in [6, 6.07) is 11.1. The minimum Gasteiger partial charge on any atom is -0.374 e. The zero-order chi connectivity index (χ0) is 13.3. The van der Waals surface area contributed by atoms with Crippen LogP contribution >= 0.6 is 0 Å². The molecule has 19 heavy (non-hydrogen) atoms. The molecule has 1 saturated heterocycles. The minimum atomic E-state index is 0.0959. The molecule has 1 aliphatic heterocycles. The van der Waals surface area contributed by atoms with E-state index in [2.05, 4.69) is 49.3 Å². The summed E-state index contributed by atoms with van der Waals surface area (Å²) in [5, 5.41) is 0. The molecule has 0 radical (unpaired) electrons. The van der Waals surface area contributed by atoms with Gasteiger partial charge in [-0.05, 0) is 38.9 Å². The molecule has 1 aliphatic carbocycles. The van der Waals surface area contributed by atoms with Gasteiger partial charge in [-0.25, -0.2) is 0 Å². The summed E-state index contributed by atoms with van der Waals surface area (Å²) in [5.74, 6) is 0. The largest absolute Gasteiger partial charge is 0.374 e. The van der Waals surface area contributed by atoms with E-state index in [1.165, 1.54) is 31.2 Å². The van der Waals surface area contributed by atoms with Crippen molar-refractivity contribution in [2.75, 3.05) is 27.2 Å². The highest BCUT2D eigenvalue weighted by Gasteiger charge is 2.57. The molecule has 1 atom stereocenters. The Kier molecular flexibility index (Phi) is 3.40. The van der Waals surface area contributed by atoms with E-state index in [1.54, 1.807) is 0 Å². The van der Waals surface area contributed by atoms with Crippen LogP contribution in [0.5, 0.6) is 0 Å². The van der Waals surface area contributed by atoms with Crippen LogP contribution in [0.4, 0.5) is 0 Å². The average molecular weight is 259 g/mol. The minimum absolute atomic E-state index is 0.0959. The maximum Gasteiger partial charge on any atom is 0.0791 e. The van der Waals surface area contributed by atoms with Crippen LogP contribution in [0.25, 0.3) is 0 Å². The summed E-state index contributed by atoms with van der Waals surface area (Å²) in [4.78, 5) is 2.34. The lowest BCUT2D eigenvalue weighted by Crippen LogP contribution is -2.52. The van der Waals surface area contributed by atoms with Crippen molar-refractivity contribution in [2.24, 2.45) is 0 Å². The average Bonchev–Trinajstić information content (AvgIpc) is 3.01. The molecule has 3 rings (SSSR count). The number of rotatable bonds is 3. The predicted octanol–water partition coefficient (Wildman–Crippen LogP) is 3.22. The summed E-state index contributed by atoms with van der Waals surface area (Å²) < 4.78 is 6.35. The zero-order valence-electron chi connectivity index (χ0n) is 12.2. The number of nitrogens with zero attached hydrogens (tertiary/aromatic N) is 1. The van der Waals surface area contributed by atoms with Gasteiger partial charge >= 0.3 is 0 Å². The highest BCUT2D eigenvalue weighted by molar-refractivity contribution is 5.33. The lowest BCUT2D eigenvalue weighted by atomic mass is 9.65. The summed E-state index contributed by atoms with van der Waals surface area (Å²) in [6.07, 6.45) is 6.27. The Morgan fingerprint density at radius 1 is 1.05 bits per heavy atom. The second-order valence-corrected chi connectivity index (χ2v) is 6.49. The number of hydrogen-bond acceptors (Lipinski definition) is 2. The molecule has 0 N–H and O–H groups in total. The van der Waals surface area contributed by atoms with Gasteiger partial charge in [-0.3, -0.25) is 0 Å². The molecule has 1 saturated carbocycles. The molecule has 2 nitrogen and oxygen atoms in total. The molecule has 1 aromatic carbocycles. The van der Waals surface area contributed by atoms with Crippen LogP contribution < -0.4 is 0 Å². The summed E-state index contributed by atoms with van der Waals surface area (Å²) in [7, 11) is 4.37. The molecule has 0 amide bonds. The van der Waals surface area contributed by atoms with E-state index in [9.17, 15) is 0 Å². The molecule has 1 heterocycles. The van der Waals surface area contributed by atoms with E-state index in [0.29, 0.717) is 0 Å². The fourth-order valence-electron chi connectivity index (χ4n) is 4.37. The smallest absolute Gasteiger partial charge is 0.0791 e. The Balaban J connectivity index is 2.06. The van der Waals surface area contributed by atoms with Crippen LogP contribution in [-0.2, 0) is 10.2 Å². The lowest BCUT2D eigenvalue weighted by Gasteiger charge is -2.44. The monoisotopic (exact) mass is 259 g/mol. The molecular formula is C17H25NO. The van der Waals surface area contributed by atoms with Crippen LogP contribution in [0.1, 0.15) is 37.7 Å². The van der Waals surface area contributed by atoms with E-state index >= 15 is 0 Å². The second kappa shape index (κ2) is 4.92. The Labute approximate surface area is 116 Å². The first-order chi connectivity index (χ1) is 9.19. The molecular weight excluding hydrogens is 234 g/mol. The molecule has 1 spiro atoms. The van der Waals surface area contributed by atoms with Crippen molar-refractivity contribution in [1.29, 1.82) is 0 Å². The van der Waals surface area contributed by atoms with E-state index in [-0.39, 0.29) is 11.0 Å². The van der Waals surface area contributed by atoms with Crippen molar-refractivity contribution in [3.63, 3.8) is 0 Å². The van der Waals surface area contributed by atoms with Gasteiger partial charge in [0, 0.05) is 18.6 Å².